The minimum absolute atomic E-state index is 0.217. The van der Waals surface area contributed by atoms with Gasteiger partial charge < -0.3 is 9.47 Å². The van der Waals surface area contributed by atoms with Gasteiger partial charge in [-0.3, -0.25) is 14.9 Å². The van der Waals surface area contributed by atoms with E-state index < -0.39 is 17.8 Å². The van der Waals surface area contributed by atoms with Gasteiger partial charge in [-0.05, 0) is 48.9 Å². The fourth-order valence-electron chi connectivity index (χ4n) is 3.48. The number of anilines is 1. The average Bonchev–Trinajstić information content (AvgIpc) is 2.83. The summed E-state index contributed by atoms with van der Waals surface area (Å²) < 4.78 is 12.2. The van der Waals surface area contributed by atoms with Gasteiger partial charge in [0, 0.05) is 10.0 Å². The number of hydrogen-bond acceptors (Lipinski definition) is 5. The number of hydrogen-bond donors (Lipinski definition) is 1. The van der Waals surface area contributed by atoms with Crippen molar-refractivity contribution in [3.05, 3.63) is 92.4 Å². The summed E-state index contributed by atoms with van der Waals surface area (Å²) in [5.74, 6) is -0.894. The molecule has 0 atom stereocenters. The maximum Gasteiger partial charge on any atom is 0.335 e. The molecule has 0 radical (unpaired) electrons. The fraction of sp³-hybridized carbons (Fsp3) is 0.115. The molecule has 178 valence electrons. The predicted molar refractivity (Wildman–Crippen MR) is 137 cm³/mol. The Kier molecular flexibility index (Phi) is 7.23. The van der Waals surface area contributed by atoms with Crippen molar-refractivity contribution >= 4 is 57.1 Å². The lowest BCUT2D eigenvalue weighted by Crippen LogP contribution is -2.54. The van der Waals surface area contributed by atoms with E-state index in [9.17, 15) is 14.4 Å². The van der Waals surface area contributed by atoms with Crippen LogP contribution in [0.3, 0.4) is 0 Å². The molecule has 0 bridgehead atoms. The van der Waals surface area contributed by atoms with Crippen molar-refractivity contribution in [3.8, 4) is 11.5 Å². The van der Waals surface area contributed by atoms with Gasteiger partial charge in [-0.2, -0.15) is 0 Å². The highest BCUT2D eigenvalue weighted by Gasteiger charge is 2.36. The Hall–Kier alpha value is -3.62. The molecule has 3 aromatic carbocycles. The Balaban J connectivity index is 1.64. The Morgan fingerprint density at radius 2 is 1.77 bits per heavy atom. The van der Waals surface area contributed by atoms with Gasteiger partial charge in [0.1, 0.15) is 12.2 Å². The smallest absolute Gasteiger partial charge is 0.335 e. The molecule has 4 amide bonds. The number of carbonyl (C=O) groups excluding carboxylic acids is 3. The van der Waals surface area contributed by atoms with E-state index >= 15 is 0 Å². The van der Waals surface area contributed by atoms with E-state index in [1.165, 1.54) is 13.2 Å². The number of halogens is 2. The van der Waals surface area contributed by atoms with Crippen molar-refractivity contribution in [1.82, 2.24) is 5.32 Å². The molecular weight excluding hydrogens is 536 g/mol. The molecule has 1 aliphatic rings. The van der Waals surface area contributed by atoms with Crippen molar-refractivity contribution in [3.63, 3.8) is 0 Å². The number of benzene rings is 3. The first-order valence-electron chi connectivity index (χ1n) is 10.5. The first kappa shape index (κ1) is 24.5. The maximum absolute atomic E-state index is 13.1. The summed E-state index contributed by atoms with van der Waals surface area (Å²) in [6.07, 6.45) is 1.36. The van der Waals surface area contributed by atoms with Crippen LogP contribution >= 0.6 is 27.5 Å². The number of imide groups is 2. The Bertz CT molecular complexity index is 1350. The lowest BCUT2D eigenvalue weighted by molar-refractivity contribution is -0.122. The van der Waals surface area contributed by atoms with E-state index in [4.69, 9.17) is 21.1 Å². The van der Waals surface area contributed by atoms with Crippen LogP contribution in [0.1, 0.15) is 16.7 Å². The molecule has 0 aromatic heterocycles. The van der Waals surface area contributed by atoms with Gasteiger partial charge in [0.15, 0.2) is 11.5 Å². The van der Waals surface area contributed by atoms with Crippen molar-refractivity contribution in [2.45, 2.75) is 13.5 Å². The molecule has 1 heterocycles. The number of amides is 4. The van der Waals surface area contributed by atoms with Crippen molar-refractivity contribution in [1.29, 1.82) is 0 Å². The van der Waals surface area contributed by atoms with Crippen molar-refractivity contribution < 1.29 is 23.9 Å². The highest BCUT2D eigenvalue weighted by atomic mass is 79.9. The van der Waals surface area contributed by atoms with Crippen LogP contribution in [0, 0.1) is 6.92 Å². The topological polar surface area (TPSA) is 84.9 Å². The van der Waals surface area contributed by atoms with Gasteiger partial charge in [0.05, 0.1) is 17.8 Å². The highest BCUT2D eigenvalue weighted by molar-refractivity contribution is 9.10. The van der Waals surface area contributed by atoms with E-state index in [1.807, 2.05) is 31.2 Å². The van der Waals surface area contributed by atoms with Crippen molar-refractivity contribution in [2.24, 2.45) is 0 Å². The van der Waals surface area contributed by atoms with Gasteiger partial charge in [0.25, 0.3) is 11.8 Å². The number of ether oxygens (including phenoxy) is 2. The maximum atomic E-state index is 13.1. The van der Waals surface area contributed by atoms with Crippen LogP contribution in [0.4, 0.5) is 10.5 Å². The van der Waals surface area contributed by atoms with E-state index in [0.717, 1.165) is 20.5 Å². The summed E-state index contributed by atoms with van der Waals surface area (Å²) in [4.78, 5) is 38.9. The first-order valence-corrected chi connectivity index (χ1v) is 11.7. The molecular formula is C26H20BrClN2O5. The second kappa shape index (κ2) is 10.3. The zero-order chi connectivity index (χ0) is 25.1. The molecule has 1 aliphatic heterocycles. The third-order valence-electron chi connectivity index (χ3n) is 5.29. The van der Waals surface area contributed by atoms with Crippen LogP contribution in [0.25, 0.3) is 6.08 Å². The van der Waals surface area contributed by atoms with E-state index in [-0.39, 0.29) is 17.2 Å². The van der Waals surface area contributed by atoms with Crippen molar-refractivity contribution in [2.75, 3.05) is 12.0 Å². The number of urea groups is 1. The quantitative estimate of drug-likeness (QED) is 0.313. The number of nitrogens with zero attached hydrogens (tertiary/aromatic N) is 1. The molecule has 0 saturated carbocycles. The summed E-state index contributed by atoms with van der Waals surface area (Å²) in [7, 11) is 1.46. The van der Waals surface area contributed by atoms with Crippen LogP contribution in [0.5, 0.6) is 11.5 Å². The molecule has 1 fully saturated rings. The third kappa shape index (κ3) is 5.23. The van der Waals surface area contributed by atoms with Crippen LogP contribution < -0.4 is 19.7 Å². The largest absolute Gasteiger partial charge is 0.493 e. The number of nitrogens with one attached hydrogen (secondary N) is 1. The summed E-state index contributed by atoms with van der Waals surface area (Å²) in [6.45, 7) is 2.13. The van der Waals surface area contributed by atoms with Crippen LogP contribution in [-0.4, -0.2) is 25.0 Å². The lowest BCUT2D eigenvalue weighted by Gasteiger charge is -2.26. The normalized spacial score (nSPS) is 14.8. The predicted octanol–water partition coefficient (Wildman–Crippen LogP) is 5.66. The monoisotopic (exact) mass is 554 g/mol. The minimum atomic E-state index is -0.813. The Labute approximate surface area is 215 Å². The van der Waals surface area contributed by atoms with Gasteiger partial charge in [-0.25, -0.2) is 9.69 Å². The van der Waals surface area contributed by atoms with Gasteiger partial charge in [0.2, 0.25) is 0 Å². The van der Waals surface area contributed by atoms with Gasteiger partial charge >= 0.3 is 6.03 Å². The number of barbiturate groups is 1. The summed E-state index contributed by atoms with van der Waals surface area (Å²) in [5.41, 5.74) is 2.45. The molecule has 1 saturated heterocycles. The average molecular weight is 556 g/mol. The van der Waals surface area contributed by atoms with E-state index in [1.54, 1.807) is 36.4 Å². The Morgan fingerprint density at radius 1 is 1.06 bits per heavy atom. The lowest BCUT2D eigenvalue weighted by atomic mass is 10.1. The van der Waals surface area contributed by atoms with E-state index in [2.05, 4.69) is 21.2 Å². The Morgan fingerprint density at radius 3 is 2.46 bits per heavy atom. The first-order chi connectivity index (χ1) is 16.8. The standard InChI is InChI=1S/C26H20BrClN2O5/c1-15-7-9-18(10-8-15)30-25(32)19(24(31)29-26(30)33)11-16-12-21(28)23(22(13-16)34-2)35-14-17-5-3-4-6-20(17)27/h3-13H,14H2,1-2H3,(H,29,31,33)/b19-11+. The molecule has 4 rings (SSSR count). The van der Waals surface area contributed by atoms with Crippen LogP contribution in [0.15, 0.2) is 70.7 Å². The molecule has 3 aromatic rings. The second-order valence-corrected chi connectivity index (χ2v) is 8.97. The molecule has 0 spiro atoms. The molecule has 9 heteroatoms. The fourth-order valence-corrected chi connectivity index (χ4v) is 4.15. The van der Waals surface area contributed by atoms with E-state index in [0.29, 0.717) is 22.7 Å². The summed E-state index contributed by atoms with van der Waals surface area (Å²) >= 11 is 9.96. The minimum Gasteiger partial charge on any atom is -0.493 e. The molecule has 35 heavy (non-hydrogen) atoms. The van der Waals surface area contributed by atoms with Crippen LogP contribution in [0.2, 0.25) is 5.02 Å². The van der Waals surface area contributed by atoms with Gasteiger partial charge in [-0.1, -0.05) is 63.4 Å². The number of carbonyl (C=O) groups is 3. The van der Waals surface area contributed by atoms with Gasteiger partial charge in [-0.15, -0.1) is 0 Å². The summed E-state index contributed by atoms with van der Waals surface area (Å²) in [6, 6.07) is 16.8. The molecule has 7 nitrogen and oxygen atoms in total. The van der Waals surface area contributed by atoms with Crippen LogP contribution in [-0.2, 0) is 16.2 Å². The number of rotatable bonds is 6. The third-order valence-corrected chi connectivity index (χ3v) is 6.34. The molecule has 0 aliphatic carbocycles. The SMILES string of the molecule is COc1cc(/C=C2\C(=O)NC(=O)N(c3ccc(C)cc3)C2=O)cc(Cl)c1OCc1ccccc1Br. The zero-order valence-corrected chi connectivity index (χ0v) is 21.1. The zero-order valence-electron chi connectivity index (χ0n) is 18.8. The summed E-state index contributed by atoms with van der Waals surface area (Å²) in [5, 5.41) is 2.44. The second-order valence-electron chi connectivity index (χ2n) is 7.71. The number of methoxy groups -OCH3 is 1. The molecule has 0 unspecified atom stereocenters. The molecule has 1 N–H and O–H groups in total. The highest BCUT2D eigenvalue weighted by Crippen LogP contribution is 2.38. The number of aryl methyl sites for hydroxylation is 1.